The Morgan fingerprint density at radius 1 is 1.06 bits per heavy atom. The summed E-state index contributed by atoms with van der Waals surface area (Å²) in [7, 11) is 5.01. The van der Waals surface area contributed by atoms with Gasteiger partial charge in [-0.3, -0.25) is 4.79 Å². The van der Waals surface area contributed by atoms with E-state index in [2.05, 4.69) is 10.6 Å². The largest absolute Gasteiger partial charge is 0.467 e. The first-order valence-corrected chi connectivity index (χ1v) is 10.4. The molecule has 0 aliphatic carbocycles. The van der Waals surface area contributed by atoms with Crippen molar-refractivity contribution < 1.29 is 23.9 Å². The lowest BCUT2D eigenvalue weighted by Gasteiger charge is -2.22. The lowest BCUT2D eigenvalue weighted by Crippen LogP contribution is -2.45. The topological polar surface area (TPSA) is 123 Å². The van der Waals surface area contributed by atoms with E-state index in [1.165, 1.54) is 7.11 Å². The molecule has 0 aliphatic rings. The van der Waals surface area contributed by atoms with Crippen LogP contribution in [0.1, 0.15) is 36.7 Å². The molecule has 33 heavy (non-hydrogen) atoms. The van der Waals surface area contributed by atoms with Crippen molar-refractivity contribution in [2.24, 2.45) is 0 Å². The lowest BCUT2D eigenvalue weighted by atomic mass is 10.1. The van der Waals surface area contributed by atoms with Gasteiger partial charge in [-0.25, -0.2) is 9.59 Å². The van der Waals surface area contributed by atoms with Gasteiger partial charge in [-0.1, -0.05) is 12.1 Å². The van der Waals surface area contributed by atoms with Gasteiger partial charge in [0.25, 0.3) is 5.91 Å². The molecule has 0 aliphatic heterocycles. The molecular weight excluding hydrogens is 424 g/mol. The molecule has 0 heterocycles. The molecule has 1 atom stereocenters. The third-order valence-corrected chi connectivity index (χ3v) is 4.63. The monoisotopic (exact) mass is 456 g/mol. The highest BCUT2D eigenvalue weighted by Crippen LogP contribution is 2.21. The van der Waals surface area contributed by atoms with Crippen molar-refractivity contribution in [2.45, 2.75) is 38.8 Å². The molecule has 2 amide bonds. The van der Waals surface area contributed by atoms with Crippen LogP contribution in [0.25, 0.3) is 0 Å². The second-order valence-electron chi connectivity index (χ2n) is 8.74. The maximum Gasteiger partial charge on any atom is 0.408 e. The van der Waals surface area contributed by atoms with Crippen LogP contribution in [-0.2, 0) is 20.7 Å². The molecule has 2 aromatic rings. The summed E-state index contributed by atoms with van der Waals surface area (Å²) in [5, 5.41) is 5.36. The fraction of sp³-hybridized carbons (Fsp3) is 0.375. The zero-order valence-corrected chi connectivity index (χ0v) is 19.9. The number of hydrogen-bond donors (Lipinski definition) is 3. The summed E-state index contributed by atoms with van der Waals surface area (Å²) in [4.78, 5) is 38.8. The minimum absolute atomic E-state index is 0.192. The second kappa shape index (κ2) is 10.7. The molecule has 0 bridgehead atoms. The van der Waals surface area contributed by atoms with Gasteiger partial charge in [-0.2, -0.15) is 0 Å². The van der Waals surface area contributed by atoms with E-state index in [9.17, 15) is 14.4 Å². The first-order chi connectivity index (χ1) is 15.4. The number of nitrogens with two attached hydrogens (primary N) is 1. The van der Waals surface area contributed by atoms with Crippen LogP contribution in [0.3, 0.4) is 0 Å². The number of amides is 2. The number of ether oxygens (including phenoxy) is 2. The number of methoxy groups -OCH3 is 1. The number of carbonyl (C=O) groups excluding carboxylic acids is 3. The van der Waals surface area contributed by atoms with E-state index in [-0.39, 0.29) is 12.3 Å². The van der Waals surface area contributed by atoms with Crippen LogP contribution in [0.15, 0.2) is 42.5 Å². The van der Waals surface area contributed by atoms with Gasteiger partial charge in [0.05, 0.1) is 12.7 Å². The minimum Gasteiger partial charge on any atom is -0.467 e. The first-order valence-electron chi connectivity index (χ1n) is 10.4. The predicted octanol–water partition coefficient (Wildman–Crippen LogP) is 3.20. The third kappa shape index (κ3) is 7.71. The van der Waals surface area contributed by atoms with Crippen molar-refractivity contribution in [2.75, 3.05) is 37.2 Å². The van der Waals surface area contributed by atoms with Gasteiger partial charge in [0.15, 0.2) is 0 Å². The van der Waals surface area contributed by atoms with E-state index in [1.54, 1.807) is 57.2 Å². The molecule has 0 radical (unpaired) electrons. The van der Waals surface area contributed by atoms with Gasteiger partial charge >= 0.3 is 12.1 Å². The van der Waals surface area contributed by atoms with Crippen molar-refractivity contribution in [1.82, 2.24) is 5.32 Å². The molecule has 0 fully saturated rings. The molecule has 4 N–H and O–H groups in total. The number of benzene rings is 2. The maximum atomic E-state index is 12.7. The van der Waals surface area contributed by atoms with Gasteiger partial charge < -0.3 is 30.7 Å². The maximum absolute atomic E-state index is 12.7. The SMILES string of the molecule is COC(=O)[C@H](Cc1ccc(NC(=O)c2cc(N(C)C)ccc2N)cc1)NC(=O)OC(C)(C)C. The number of carbonyl (C=O) groups is 3. The fourth-order valence-corrected chi connectivity index (χ4v) is 2.96. The zero-order valence-electron chi connectivity index (χ0n) is 19.9. The quantitative estimate of drug-likeness (QED) is 0.432. The van der Waals surface area contributed by atoms with E-state index < -0.39 is 23.7 Å². The Balaban J connectivity index is 2.09. The molecule has 9 nitrogen and oxygen atoms in total. The van der Waals surface area contributed by atoms with Crippen LogP contribution in [0.2, 0.25) is 0 Å². The summed E-state index contributed by atoms with van der Waals surface area (Å²) in [6.07, 6.45) is -0.517. The van der Waals surface area contributed by atoms with Gasteiger partial charge in [0.2, 0.25) is 0 Å². The van der Waals surface area contributed by atoms with Gasteiger partial charge in [-0.05, 0) is 56.7 Å². The third-order valence-electron chi connectivity index (χ3n) is 4.63. The number of nitrogens with one attached hydrogen (secondary N) is 2. The average molecular weight is 457 g/mol. The normalized spacial score (nSPS) is 11.8. The van der Waals surface area contributed by atoms with Gasteiger partial charge in [0.1, 0.15) is 11.6 Å². The summed E-state index contributed by atoms with van der Waals surface area (Å²) in [6, 6.07) is 11.3. The summed E-state index contributed by atoms with van der Waals surface area (Å²) in [5.74, 6) is -0.919. The van der Waals surface area contributed by atoms with E-state index in [0.29, 0.717) is 16.9 Å². The van der Waals surface area contributed by atoms with E-state index in [0.717, 1.165) is 11.3 Å². The Kier molecular flexibility index (Phi) is 8.28. The summed E-state index contributed by atoms with van der Waals surface area (Å²) >= 11 is 0. The number of nitrogens with zero attached hydrogens (tertiary/aromatic N) is 1. The highest BCUT2D eigenvalue weighted by molar-refractivity contribution is 6.08. The summed E-state index contributed by atoms with van der Waals surface area (Å²) < 4.78 is 10.0. The highest BCUT2D eigenvalue weighted by atomic mass is 16.6. The molecule has 0 saturated heterocycles. The van der Waals surface area contributed by atoms with Crippen LogP contribution in [0, 0.1) is 0 Å². The van der Waals surface area contributed by atoms with Crippen LogP contribution >= 0.6 is 0 Å². The number of rotatable bonds is 7. The number of esters is 1. The molecule has 0 saturated carbocycles. The number of anilines is 3. The Labute approximate surface area is 194 Å². The van der Waals surface area contributed by atoms with E-state index >= 15 is 0 Å². The highest BCUT2D eigenvalue weighted by Gasteiger charge is 2.25. The number of alkyl carbamates (subject to hydrolysis) is 1. The van der Waals surface area contributed by atoms with Crippen molar-refractivity contribution >= 4 is 35.0 Å². The molecular formula is C24H32N4O5. The molecule has 9 heteroatoms. The molecule has 2 aromatic carbocycles. The van der Waals surface area contributed by atoms with Crippen molar-refractivity contribution in [3.8, 4) is 0 Å². The predicted molar refractivity (Wildman–Crippen MR) is 128 cm³/mol. The van der Waals surface area contributed by atoms with Crippen LogP contribution in [0.5, 0.6) is 0 Å². The van der Waals surface area contributed by atoms with E-state index in [4.69, 9.17) is 15.2 Å². The van der Waals surface area contributed by atoms with Gasteiger partial charge in [-0.15, -0.1) is 0 Å². The average Bonchev–Trinajstić information content (AvgIpc) is 2.72. The minimum atomic E-state index is -0.918. The van der Waals surface area contributed by atoms with Crippen LogP contribution in [0.4, 0.5) is 21.9 Å². The van der Waals surface area contributed by atoms with Crippen molar-refractivity contribution in [1.29, 1.82) is 0 Å². The Hall–Kier alpha value is -3.75. The molecule has 0 aromatic heterocycles. The molecule has 0 spiro atoms. The van der Waals surface area contributed by atoms with E-state index in [1.807, 2.05) is 25.1 Å². The summed E-state index contributed by atoms with van der Waals surface area (Å²) in [5.41, 5.74) is 8.21. The molecule has 178 valence electrons. The molecule has 0 unspecified atom stereocenters. The van der Waals surface area contributed by atoms with Crippen molar-refractivity contribution in [3.05, 3.63) is 53.6 Å². The number of hydrogen-bond acceptors (Lipinski definition) is 7. The first kappa shape index (κ1) is 25.5. The lowest BCUT2D eigenvalue weighted by molar-refractivity contribution is -0.143. The fourth-order valence-electron chi connectivity index (χ4n) is 2.96. The standard InChI is InChI=1S/C24H32N4O5/c1-24(2,3)33-23(31)27-20(22(30)32-6)13-15-7-9-16(10-8-15)26-21(29)18-14-17(28(4)5)11-12-19(18)25/h7-12,14,20H,13,25H2,1-6H3,(H,26,29)(H,27,31)/t20-/m0/s1. The second-order valence-corrected chi connectivity index (χ2v) is 8.74. The smallest absolute Gasteiger partial charge is 0.408 e. The van der Waals surface area contributed by atoms with Gasteiger partial charge in [0, 0.05) is 37.6 Å². The van der Waals surface area contributed by atoms with Crippen LogP contribution in [-0.4, -0.2) is 50.8 Å². The Morgan fingerprint density at radius 3 is 2.24 bits per heavy atom. The van der Waals surface area contributed by atoms with Crippen LogP contribution < -0.4 is 21.3 Å². The summed E-state index contributed by atoms with van der Waals surface area (Å²) in [6.45, 7) is 5.20. The molecule has 2 rings (SSSR count). The number of nitrogen functional groups attached to an aromatic ring is 1. The van der Waals surface area contributed by atoms with Crippen molar-refractivity contribution in [3.63, 3.8) is 0 Å². The zero-order chi connectivity index (χ0) is 24.8. The Morgan fingerprint density at radius 2 is 1.70 bits per heavy atom. The Bertz CT molecular complexity index is 997.